The van der Waals surface area contributed by atoms with Gasteiger partial charge in [0.2, 0.25) is 5.91 Å². The summed E-state index contributed by atoms with van der Waals surface area (Å²) in [6, 6.07) is 3.42. The molecule has 0 aliphatic rings. The normalized spacial score (nSPS) is 12.3. The molecule has 0 spiro atoms. The maximum absolute atomic E-state index is 13.5. The van der Waals surface area contributed by atoms with Crippen LogP contribution in [-0.4, -0.2) is 17.9 Å². The molecule has 98 valence electrons. The molecule has 5 heteroatoms. The highest BCUT2D eigenvalue weighted by Crippen LogP contribution is 2.11. The molecule has 0 saturated carbocycles. The third-order valence-electron chi connectivity index (χ3n) is 2.63. The minimum absolute atomic E-state index is 0.0816. The molecule has 0 unspecified atom stereocenters. The zero-order valence-corrected chi connectivity index (χ0v) is 10.7. The molecule has 0 saturated heterocycles. The Morgan fingerprint density at radius 1 is 1.33 bits per heavy atom. The molecule has 0 aliphatic carbocycles. The number of nitrogens with one attached hydrogen (secondary N) is 1. The summed E-state index contributed by atoms with van der Waals surface area (Å²) >= 11 is 0. The molecule has 0 fully saturated rings. The van der Waals surface area contributed by atoms with E-state index in [1.807, 2.05) is 0 Å². The molecule has 1 aromatic carbocycles. The van der Waals surface area contributed by atoms with Crippen molar-refractivity contribution in [2.45, 2.75) is 26.8 Å². The van der Waals surface area contributed by atoms with Gasteiger partial charge in [-0.15, -0.1) is 0 Å². The van der Waals surface area contributed by atoms with Gasteiger partial charge in [-0.05, 0) is 25.0 Å². The summed E-state index contributed by atoms with van der Waals surface area (Å²) in [5, 5.41) is 2.45. The number of hydrogen-bond donors (Lipinski definition) is 2. The smallest absolute Gasteiger partial charge is 0.254 e. The van der Waals surface area contributed by atoms with Crippen LogP contribution in [-0.2, 0) is 4.79 Å². The average Bonchev–Trinajstić information content (AvgIpc) is 2.28. The number of aryl methyl sites for hydroxylation is 1. The van der Waals surface area contributed by atoms with Crippen LogP contribution in [0.4, 0.5) is 4.39 Å². The van der Waals surface area contributed by atoms with Crippen molar-refractivity contribution >= 4 is 11.8 Å². The summed E-state index contributed by atoms with van der Waals surface area (Å²) < 4.78 is 13.5. The lowest BCUT2D eigenvalue weighted by atomic mass is 10.0. The SMILES string of the molecule is Cc1ccc(F)c(C(=O)N[C@@H](C(N)=O)C(C)C)c1. The van der Waals surface area contributed by atoms with Crippen LogP contribution < -0.4 is 11.1 Å². The van der Waals surface area contributed by atoms with Gasteiger partial charge in [0.25, 0.3) is 5.91 Å². The molecule has 1 aromatic rings. The van der Waals surface area contributed by atoms with E-state index in [1.54, 1.807) is 26.8 Å². The van der Waals surface area contributed by atoms with Crippen LogP contribution >= 0.6 is 0 Å². The van der Waals surface area contributed by atoms with E-state index < -0.39 is 23.7 Å². The Morgan fingerprint density at radius 2 is 1.94 bits per heavy atom. The van der Waals surface area contributed by atoms with E-state index in [-0.39, 0.29) is 11.5 Å². The molecule has 0 bridgehead atoms. The molecule has 0 aliphatic heterocycles. The first-order chi connectivity index (χ1) is 8.32. The van der Waals surface area contributed by atoms with Crippen molar-refractivity contribution < 1.29 is 14.0 Å². The molecule has 1 atom stereocenters. The minimum atomic E-state index is -0.808. The Balaban J connectivity index is 2.94. The van der Waals surface area contributed by atoms with Crippen molar-refractivity contribution in [2.75, 3.05) is 0 Å². The van der Waals surface area contributed by atoms with Crippen molar-refractivity contribution in [2.24, 2.45) is 11.7 Å². The van der Waals surface area contributed by atoms with Gasteiger partial charge in [-0.1, -0.05) is 25.5 Å². The van der Waals surface area contributed by atoms with E-state index in [9.17, 15) is 14.0 Å². The number of carbonyl (C=O) groups is 2. The van der Waals surface area contributed by atoms with Crippen LogP contribution in [0.3, 0.4) is 0 Å². The molecule has 0 heterocycles. The van der Waals surface area contributed by atoms with Gasteiger partial charge < -0.3 is 11.1 Å². The first-order valence-electron chi connectivity index (χ1n) is 5.69. The van der Waals surface area contributed by atoms with Gasteiger partial charge in [-0.25, -0.2) is 4.39 Å². The highest BCUT2D eigenvalue weighted by Gasteiger charge is 2.23. The van der Waals surface area contributed by atoms with E-state index in [1.165, 1.54) is 12.1 Å². The number of primary amides is 1. The topological polar surface area (TPSA) is 72.2 Å². The molecule has 0 radical (unpaired) electrons. The second-order valence-corrected chi connectivity index (χ2v) is 4.58. The number of carbonyl (C=O) groups excluding carboxylic acids is 2. The van der Waals surface area contributed by atoms with Crippen LogP contribution in [0.5, 0.6) is 0 Å². The van der Waals surface area contributed by atoms with Gasteiger partial charge in [0.15, 0.2) is 0 Å². The van der Waals surface area contributed by atoms with Crippen molar-refractivity contribution in [3.63, 3.8) is 0 Å². The monoisotopic (exact) mass is 252 g/mol. The molecule has 18 heavy (non-hydrogen) atoms. The lowest BCUT2D eigenvalue weighted by Crippen LogP contribution is -2.47. The van der Waals surface area contributed by atoms with Crippen molar-refractivity contribution in [3.05, 3.63) is 35.1 Å². The second kappa shape index (κ2) is 5.62. The highest BCUT2D eigenvalue weighted by atomic mass is 19.1. The molecule has 1 rings (SSSR count). The fourth-order valence-corrected chi connectivity index (χ4v) is 1.60. The Bertz CT molecular complexity index is 472. The maximum atomic E-state index is 13.5. The molecule has 0 aromatic heterocycles. The standard InChI is InChI=1S/C13H17FN2O2/c1-7(2)11(12(15)17)16-13(18)9-6-8(3)4-5-10(9)14/h4-7,11H,1-3H3,(H2,15,17)(H,16,18)/t11-/m1/s1. The molecule has 4 nitrogen and oxygen atoms in total. The molecule has 2 amide bonds. The van der Waals surface area contributed by atoms with Crippen molar-refractivity contribution in [1.82, 2.24) is 5.32 Å². The third-order valence-corrected chi connectivity index (χ3v) is 2.63. The molecular formula is C13H17FN2O2. The van der Waals surface area contributed by atoms with Crippen LogP contribution in [0.2, 0.25) is 0 Å². The van der Waals surface area contributed by atoms with Gasteiger partial charge in [0.1, 0.15) is 11.9 Å². The van der Waals surface area contributed by atoms with Gasteiger partial charge in [0.05, 0.1) is 5.56 Å². The van der Waals surface area contributed by atoms with Gasteiger partial charge >= 0.3 is 0 Å². The second-order valence-electron chi connectivity index (χ2n) is 4.58. The van der Waals surface area contributed by atoms with Crippen LogP contribution in [0.15, 0.2) is 18.2 Å². The summed E-state index contributed by atoms with van der Waals surface area (Å²) in [5.41, 5.74) is 5.87. The summed E-state index contributed by atoms with van der Waals surface area (Å²) in [6.07, 6.45) is 0. The van der Waals surface area contributed by atoms with E-state index in [0.29, 0.717) is 0 Å². The van der Waals surface area contributed by atoms with Crippen molar-refractivity contribution in [1.29, 1.82) is 0 Å². The zero-order chi connectivity index (χ0) is 13.9. The molecular weight excluding hydrogens is 235 g/mol. The van der Waals surface area contributed by atoms with Crippen LogP contribution in [0.1, 0.15) is 29.8 Å². The maximum Gasteiger partial charge on any atom is 0.254 e. The Labute approximate surface area is 105 Å². The zero-order valence-electron chi connectivity index (χ0n) is 10.7. The van der Waals surface area contributed by atoms with Crippen LogP contribution in [0.25, 0.3) is 0 Å². The summed E-state index contributed by atoms with van der Waals surface area (Å²) in [4.78, 5) is 23.1. The van der Waals surface area contributed by atoms with E-state index in [0.717, 1.165) is 5.56 Å². The van der Waals surface area contributed by atoms with Gasteiger partial charge in [-0.2, -0.15) is 0 Å². The predicted octanol–water partition coefficient (Wildman–Crippen LogP) is 1.37. The van der Waals surface area contributed by atoms with Gasteiger partial charge in [0, 0.05) is 0 Å². The number of hydrogen-bond acceptors (Lipinski definition) is 2. The van der Waals surface area contributed by atoms with E-state index >= 15 is 0 Å². The summed E-state index contributed by atoms with van der Waals surface area (Å²) in [5.74, 6) is -2.04. The van der Waals surface area contributed by atoms with Crippen molar-refractivity contribution in [3.8, 4) is 0 Å². The molecule has 3 N–H and O–H groups in total. The number of nitrogens with two attached hydrogens (primary N) is 1. The Kier molecular flexibility index (Phi) is 4.42. The number of amides is 2. The van der Waals surface area contributed by atoms with E-state index in [2.05, 4.69) is 5.32 Å². The fraction of sp³-hybridized carbons (Fsp3) is 0.385. The number of rotatable bonds is 4. The fourth-order valence-electron chi connectivity index (χ4n) is 1.60. The number of halogens is 1. The lowest BCUT2D eigenvalue weighted by molar-refractivity contribution is -0.120. The Morgan fingerprint density at radius 3 is 2.44 bits per heavy atom. The largest absolute Gasteiger partial charge is 0.368 e. The predicted molar refractivity (Wildman–Crippen MR) is 66.4 cm³/mol. The Hall–Kier alpha value is -1.91. The summed E-state index contributed by atoms with van der Waals surface area (Å²) in [6.45, 7) is 5.26. The number of benzene rings is 1. The quantitative estimate of drug-likeness (QED) is 0.849. The minimum Gasteiger partial charge on any atom is -0.368 e. The summed E-state index contributed by atoms with van der Waals surface area (Å²) in [7, 11) is 0. The van der Waals surface area contributed by atoms with E-state index in [4.69, 9.17) is 5.73 Å². The third kappa shape index (κ3) is 3.29. The van der Waals surface area contributed by atoms with Gasteiger partial charge in [-0.3, -0.25) is 9.59 Å². The highest BCUT2D eigenvalue weighted by molar-refractivity contribution is 5.97. The van der Waals surface area contributed by atoms with Crippen LogP contribution in [0, 0.1) is 18.7 Å². The lowest BCUT2D eigenvalue weighted by Gasteiger charge is -2.19. The average molecular weight is 252 g/mol. The first-order valence-corrected chi connectivity index (χ1v) is 5.69. The first kappa shape index (κ1) is 14.2.